The molecule has 3 heteroatoms. The fraction of sp³-hybridized carbons (Fsp3) is 0.250. The first kappa shape index (κ1) is 24.4. The highest BCUT2D eigenvalue weighted by Gasteiger charge is 2.27. The Bertz CT molecular complexity index is 1130. The maximum absolute atomic E-state index is 6.12. The summed E-state index contributed by atoms with van der Waals surface area (Å²) in [5, 5.41) is 0. The quantitative estimate of drug-likeness (QED) is 0.164. The molecule has 1 unspecified atom stereocenters. The van der Waals surface area contributed by atoms with Crippen molar-refractivity contribution in [2.24, 2.45) is 0 Å². The molecule has 3 nitrogen and oxygen atoms in total. The minimum atomic E-state index is 0.253. The van der Waals surface area contributed by atoms with Crippen molar-refractivity contribution in [1.82, 2.24) is 0 Å². The lowest BCUT2D eigenvalue weighted by Crippen LogP contribution is -2.35. The van der Waals surface area contributed by atoms with E-state index in [-0.39, 0.29) is 6.04 Å². The molecule has 1 atom stereocenters. The Hall–Kier alpha value is -3.72. The van der Waals surface area contributed by atoms with Gasteiger partial charge in [0.25, 0.3) is 0 Å². The van der Waals surface area contributed by atoms with Crippen LogP contribution in [-0.4, -0.2) is 13.2 Å². The van der Waals surface area contributed by atoms with Crippen molar-refractivity contribution in [2.45, 2.75) is 38.8 Å². The molecular formula is C32H35NO2. The van der Waals surface area contributed by atoms with Crippen LogP contribution in [0.4, 0.5) is 5.69 Å². The van der Waals surface area contributed by atoms with Gasteiger partial charge >= 0.3 is 0 Å². The van der Waals surface area contributed by atoms with Gasteiger partial charge in [0, 0.05) is 12.2 Å². The monoisotopic (exact) mass is 465 g/mol. The van der Waals surface area contributed by atoms with E-state index in [1.807, 2.05) is 18.2 Å². The van der Waals surface area contributed by atoms with E-state index in [1.54, 1.807) is 6.08 Å². The third-order valence-corrected chi connectivity index (χ3v) is 6.22. The molecule has 0 aromatic heterocycles. The molecule has 4 rings (SSSR count). The molecule has 0 aliphatic carbocycles. The van der Waals surface area contributed by atoms with Crippen molar-refractivity contribution in [2.75, 3.05) is 18.1 Å². The summed E-state index contributed by atoms with van der Waals surface area (Å²) < 4.78 is 11.9. The lowest BCUT2D eigenvalue weighted by molar-refractivity contribution is 0.260. The standard InChI is InChI=1S/C32H35NO2/c1-3-12-29(34-23-4-2)17-11-18-32-31-20-19-30(35-25-26-13-7-5-8-14-26)24-27(31)21-22-33(32)28-15-9-6-10-16-28/h4-17,19-20,24,32H,2-3,18,21-23,25H2,1H3/b17-11-,29-12+. The number of ether oxygens (including phenoxy) is 2. The van der Waals surface area contributed by atoms with Crippen LogP contribution in [0.2, 0.25) is 0 Å². The molecule has 1 aliphatic rings. The first-order valence-electron chi connectivity index (χ1n) is 12.5. The summed E-state index contributed by atoms with van der Waals surface area (Å²) in [6, 6.07) is 27.9. The second-order valence-electron chi connectivity index (χ2n) is 8.68. The fourth-order valence-corrected chi connectivity index (χ4v) is 4.55. The number of anilines is 1. The fourth-order valence-electron chi connectivity index (χ4n) is 4.55. The maximum Gasteiger partial charge on any atom is 0.120 e. The molecule has 1 aliphatic heterocycles. The van der Waals surface area contributed by atoms with E-state index in [4.69, 9.17) is 9.47 Å². The zero-order valence-electron chi connectivity index (χ0n) is 20.6. The van der Waals surface area contributed by atoms with Crippen LogP contribution < -0.4 is 9.64 Å². The summed E-state index contributed by atoms with van der Waals surface area (Å²) in [4.78, 5) is 2.52. The normalized spacial score (nSPS) is 15.6. The smallest absolute Gasteiger partial charge is 0.120 e. The average molecular weight is 466 g/mol. The Labute approximate surface area is 210 Å². The third-order valence-electron chi connectivity index (χ3n) is 6.22. The predicted molar refractivity (Wildman–Crippen MR) is 146 cm³/mol. The lowest BCUT2D eigenvalue weighted by Gasteiger charge is -2.39. The SMILES string of the molecule is C=CCOC(/C=C\CC1c2ccc(OCc3ccccc3)cc2CCN1c1ccccc1)=C/CC. The van der Waals surface area contributed by atoms with Crippen LogP contribution in [0.3, 0.4) is 0 Å². The topological polar surface area (TPSA) is 21.7 Å². The van der Waals surface area contributed by atoms with Crippen molar-refractivity contribution in [3.63, 3.8) is 0 Å². The van der Waals surface area contributed by atoms with E-state index in [0.717, 1.165) is 37.3 Å². The number of allylic oxidation sites excluding steroid dienone is 2. The van der Waals surface area contributed by atoms with E-state index in [1.165, 1.54) is 22.4 Å². The Morgan fingerprint density at radius 2 is 1.80 bits per heavy atom. The van der Waals surface area contributed by atoms with Crippen LogP contribution in [0.15, 0.2) is 116 Å². The molecule has 0 spiro atoms. The Morgan fingerprint density at radius 3 is 2.54 bits per heavy atom. The minimum Gasteiger partial charge on any atom is -0.490 e. The molecule has 0 saturated carbocycles. The third kappa shape index (κ3) is 6.66. The number of nitrogens with zero attached hydrogens (tertiary/aromatic N) is 1. The number of rotatable bonds is 11. The summed E-state index contributed by atoms with van der Waals surface area (Å²) >= 11 is 0. The predicted octanol–water partition coefficient (Wildman–Crippen LogP) is 7.81. The van der Waals surface area contributed by atoms with Gasteiger partial charge in [-0.3, -0.25) is 0 Å². The maximum atomic E-state index is 6.12. The molecule has 3 aromatic rings. The summed E-state index contributed by atoms with van der Waals surface area (Å²) in [6.45, 7) is 7.96. The Morgan fingerprint density at radius 1 is 1.03 bits per heavy atom. The highest BCUT2D eigenvalue weighted by Crippen LogP contribution is 2.37. The number of fused-ring (bicyclic) bond motifs is 1. The van der Waals surface area contributed by atoms with E-state index in [2.05, 4.69) is 97.3 Å². The average Bonchev–Trinajstić information content (AvgIpc) is 2.91. The molecular weight excluding hydrogens is 430 g/mol. The minimum absolute atomic E-state index is 0.253. The summed E-state index contributed by atoms with van der Waals surface area (Å²) in [5.74, 6) is 1.83. The zero-order valence-corrected chi connectivity index (χ0v) is 20.6. The molecule has 0 fully saturated rings. The highest BCUT2D eigenvalue weighted by atomic mass is 16.5. The van der Waals surface area contributed by atoms with Gasteiger partial charge in [0.1, 0.15) is 24.7 Å². The van der Waals surface area contributed by atoms with Crippen molar-refractivity contribution in [1.29, 1.82) is 0 Å². The van der Waals surface area contributed by atoms with E-state index in [9.17, 15) is 0 Å². The van der Waals surface area contributed by atoms with Gasteiger partial charge in [-0.25, -0.2) is 0 Å². The Balaban J connectivity index is 1.55. The molecule has 180 valence electrons. The van der Waals surface area contributed by atoms with Crippen molar-refractivity contribution in [3.8, 4) is 5.75 Å². The first-order valence-corrected chi connectivity index (χ1v) is 12.5. The molecule has 0 saturated heterocycles. The van der Waals surface area contributed by atoms with Gasteiger partial charge < -0.3 is 14.4 Å². The van der Waals surface area contributed by atoms with Gasteiger partial charge in [0.05, 0.1) is 6.04 Å². The number of hydrogen-bond donors (Lipinski definition) is 0. The van der Waals surface area contributed by atoms with Crippen LogP contribution in [-0.2, 0) is 17.8 Å². The zero-order chi connectivity index (χ0) is 24.3. The summed E-state index contributed by atoms with van der Waals surface area (Å²) in [6.07, 6.45) is 11.1. The molecule has 1 heterocycles. The largest absolute Gasteiger partial charge is 0.490 e. The number of benzene rings is 3. The first-order chi connectivity index (χ1) is 17.3. The summed E-state index contributed by atoms with van der Waals surface area (Å²) in [5.41, 5.74) is 5.17. The molecule has 0 N–H and O–H groups in total. The van der Waals surface area contributed by atoms with Gasteiger partial charge in [-0.1, -0.05) is 80.3 Å². The van der Waals surface area contributed by atoms with Crippen LogP contribution in [0, 0.1) is 0 Å². The van der Waals surface area contributed by atoms with Crippen LogP contribution in [0.5, 0.6) is 5.75 Å². The molecule has 0 amide bonds. The van der Waals surface area contributed by atoms with Crippen molar-refractivity contribution < 1.29 is 9.47 Å². The molecule has 35 heavy (non-hydrogen) atoms. The molecule has 0 bridgehead atoms. The van der Waals surface area contributed by atoms with Crippen LogP contribution in [0.25, 0.3) is 0 Å². The van der Waals surface area contributed by atoms with E-state index < -0.39 is 0 Å². The van der Waals surface area contributed by atoms with Gasteiger partial charge in [-0.05, 0) is 72.4 Å². The molecule has 0 radical (unpaired) electrons. The molecule has 3 aromatic carbocycles. The number of hydrogen-bond acceptors (Lipinski definition) is 3. The van der Waals surface area contributed by atoms with E-state index in [0.29, 0.717) is 13.2 Å². The van der Waals surface area contributed by atoms with E-state index >= 15 is 0 Å². The van der Waals surface area contributed by atoms with Crippen molar-refractivity contribution in [3.05, 3.63) is 132 Å². The van der Waals surface area contributed by atoms with Gasteiger partial charge in [0.15, 0.2) is 0 Å². The lowest BCUT2D eigenvalue weighted by atomic mass is 9.89. The Kier molecular flexibility index (Phi) is 8.83. The van der Waals surface area contributed by atoms with Crippen molar-refractivity contribution >= 4 is 5.69 Å². The number of para-hydroxylation sites is 1. The van der Waals surface area contributed by atoms with Gasteiger partial charge in [-0.15, -0.1) is 0 Å². The van der Waals surface area contributed by atoms with Gasteiger partial charge in [0.2, 0.25) is 0 Å². The van der Waals surface area contributed by atoms with Crippen LogP contribution in [0.1, 0.15) is 42.5 Å². The second kappa shape index (κ2) is 12.7. The second-order valence-corrected chi connectivity index (χ2v) is 8.68. The summed E-state index contributed by atoms with van der Waals surface area (Å²) in [7, 11) is 0. The highest BCUT2D eigenvalue weighted by molar-refractivity contribution is 5.53. The van der Waals surface area contributed by atoms with Gasteiger partial charge in [-0.2, -0.15) is 0 Å². The van der Waals surface area contributed by atoms with Crippen LogP contribution >= 0.6 is 0 Å².